The smallest absolute Gasteiger partial charge is 0.0540 e. The van der Waals surface area contributed by atoms with E-state index in [4.69, 9.17) is 0 Å². The Labute approximate surface area is 420 Å². The summed E-state index contributed by atoms with van der Waals surface area (Å²) >= 11 is 0. The van der Waals surface area contributed by atoms with Crippen LogP contribution in [-0.2, 0) is 21.7 Å². The Morgan fingerprint density at radius 3 is 1.54 bits per heavy atom. The molecule has 1 fully saturated rings. The molecule has 0 radical (unpaired) electrons. The summed E-state index contributed by atoms with van der Waals surface area (Å²) in [7, 11) is 0. The van der Waals surface area contributed by atoms with Crippen LogP contribution in [0.3, 0.4) is 0 Å². The van der Waals surface area contributed by atoms with Gasteiger partial charge in [-0.1, -0.05) is 235 Å². The monoisotopic (exact) mass is 916 g/mol. The first kappa shape index (κ1) is 47.2. The molecule has 0 saturated heterocycles. The summed E-state index contributed by atoms with van der Waals surface area (Å²) in [4.78, 5) is 2.51. The van der Waals surface area contributed by atoms with Gasteiger partial charge in [-0.15, -0.1) is 0 Å². The highest BCUT2D eigenvalue weighted by Gasteiger charge is 2.36. The molecule has 0 aliphatic heterocycles. The van der Waals surface area contributed by atoms with Gasteiger partial charge in [0.2, 0.25) is 0 Å². The SMILES string of the molecule is CC(C)(C)c1cc(-c2ccc(-c3cccc(N(c4ccc5c(c4)C(C)(C)c4ccccc4-5)c4ccccc4-c4cccc(C5CCCCC5)c4)c3)cc2)cc(-c2cc(C(C)(C)C)cc(C(C)(C)C)c2)c1. The molecule has 0 heterocycles. The molecule has 354 valence electrons. The molecule has 1 heteroatoms. The Hall–Kier alpha value is -6.44. The number of rotatable bonds is 8. The fourth-order valence-corrected chi connectivity index (χ4v) is 11.3. The lowest BCUT2D eigenvalue weighted by atomic mass is 9.78. The molecule has 2 aliphatic rings. The zero-order chi connectivity index (χ0) is 49.2. The molecular weight excluding hydrogens is 843 g/mol. The van der Waals surface area contributed by atoms with Crippen molar-refractivity contribution < 1.29 is 0 Å². The summed E-state index contributed by atoms with van der Waals surface area (Å²) < 4.78 is 0. The molecule has 0 bridgehead atoms. The predicted molar refractivity (Wildman–Crippen MR) is 302 cm³/mol. The average molecular weight is 916 g/mol. The van der Waals surface area contributed by atoms with Crippen LogP contribution in [0.2, 0.25) is 0 Å². The lowest BCUT2D eigenvalue weighted by molar-refractivity contribution is 0.444. The molecule has 0 amide bonds. The lowest BCUT2D eigenvalue weighted by Crippen LogP contribution is -2.17. The van der Waals surface area contributed by atoms with Gasteiger partial charge in [0.1, 0.15) is 0 Å². The quantitative estimate of drug-likeness (QED) is 0.147. The number of fused-ring (bicyclic) bond motifs is 3. The molecular formula is C69H73N. The van der Waals surface area contributed by atoms with Gasteiger partial charge < -0.3 is 4.90 Å². The van der Waals surface area contributed by atoms with Crippen LogP contribution in [0.5, 0.6) is 0 Å². The zero-order valence-electron chi connectivity index (χ0n) is 43.8. The Morgan fingerprint density at radius 1 is 0.371 bits per heavy atom. The van der Waals surface area contributed by atoms with E-state index in [1.165, 1.54) is 132 Å². The maximum Gasteiger partial charge on any atom is 0.0540 e. The fraction of sp³-hybridized carbons (Fsp3) is 0.304. The van der Waals surface area contributed by atoms with Crippen molar-refractivity contribution in [2.24, 2.45) is 0 Å². The van der Waals surface area contributed by atoms with Crippen LogP contribution >= 0.6 is 0 Å². The summed E-state index contributed by atoms with van der Waals surface area (Å²) in [5.74, 6) is 0.636. The van der Waals surface area contributed by atoms with Gasteiger partial charge in [0.05, 0.1) is 5.69 Å². The first-order chi connectivity index (χ1) is 33.3. The van der Waals surface area contributed by atoms with Crippen LogP contribution in [0, 0.1) is 0 Å². The van der Waals surface area contributed by atoms with Crippen LogP contribution in [-0.4, -0.2) is 0 Å². The number of nitrogens with zero attached hydrogens (tertiary/aromatic N) is 1. The Balaban J connectivity index is 1.06. The second kappa shape index (κ2) is 18.1. The molecule has 1 saturated carbocycles. The third-order valence-electron chi connectivity index (χ3n) is 15.7. The van der Waals surface area contributed by atoms with Crippen LogP contribution in [0.4, 0.5) is 17.1 Å². The van der Waals surface area contributed by atoms with E-state index in [2.05, 4.69) is 257 Å². The zero-order valence-corrected chi connectivity index (χ0v) is 43.8. The largest absolute Gasteiger partial charge is 0.310 e. The van der Waals surface area contributed by atoms with E-state index >= 15 is 0 Å². The Morgan fingerprint density at radius 2 is 0.886 bits per heavy atom. The topological polar surface area (TPSA) is 3.24 Å². The average Bonchev–Trinajstić information content (AvgIpc) is 3.58. The van der Waals surface area contributed by atoms with E-state index in [0.717, 1.165) is 5.69 Å². The predicted octanol–water partition coefficient (Wildman–Crippen LogP) is 20.1. The van der Waals surface area contributed by atoms with Crippen LogP contribution in [0.15, 0.2) is 176 Å². The van der Waals surface area contributed by atoms with Gasteiger partial charge in [-0.3, -0.25) is 0 Å². The van der Waals surface area contributed by atoms with E-state index in [-0.39, 0.29) is 21.7 Å². The molecule has 0 atom stereocenters. The summed E-state index contributed by atoms with van der Waals surface area (Å²) in [5, 5.41) is 0. The number of hydrogen-bond acceptors (Lipinski definition) is 1. The summed E-state index contributed by atoms with van der Waals surface area (Å²) in [5.41, 5.74) is 24.4. The first-order valence-electron chi connectivity index (χ1n) is 26.1. The van der Waals surface area contributed by atoms with Crippen molar-refractivity contribution in [1.29, 1.82) is 0 Å². The molecule has 2 aliphatic carbocycles. The maximum atomic E-state index is 2.51. The molecule has 8 aromatic rings. The number of anilines is 3. The van der Waals surface area contributed by atoms with Crippen molar-refractivity contribution in [3.63, 3.8) is 0 Å². The second-order valence-corrected chi connectivity index (χ2v) is 24.2. The summed E-state index contributed by atoms with van der Waals surface area (Å²) in [6.45, 7) is 25.7. The van der Waals surface area contributed by atoms with E-state index in [9.17, 15) is 0 Å². The van der Waals surface area contributed by atoms with E-state index in [1.54, 1.807) is 0 Å². The number of hydrogen-bond donors (Lipinski definition) is 0. The normalized spacial score (nSPS) is 14.8. The van der Waals surface area contributed by atoms with Gasteiger partial charge in [0.25, 0.3) is 0 Å². The van der Waals surface area contributed by atoms with E-state index in [1.807, 2.05) is 0 Å². The molecule has 1 nitrogen and oxygen atoms in total. The molecule has 0 unspecified atom stereocenters. The molecule has 10 rings (SSSR count). The van der Waals surface area contributed by atoms with Crippen molar-refractivity contribution in [1.82, 2.24) is 0 Å². The molecule has 0 N–H and O–H groups in total. The second-order valence-electron chi connectivity index (χ2n) is 24.2. The fourth-order valence-electron chi connectivity index (χ4n) is 11.3. The summed E-state index contributed by atoms with van der Waals surface area (Å²) in [6.07, 6.45) is 6.58. The maximum absolute atomic E-state index is 2.51. The van der Waals surface area contributed by atoms with Crippen LogP contribution < -0.4 is 4.90 Å². The van der Waals surface area contributed by atoms with Crippen molar-refractivity contribution in [2.45, 2.75) is 136 Å². The minimum Gasteiger partial charge on any atom is -0.310 e. The van der Waals surface area contributed by atoms with Crippen LogP contribution in [0.25, 0.3) is 55.6 Å². The van der Waals surface area contributed by atoms with Gasteiger partial charge in [-0.25, -0.2) is 0 Å². The highest BCUT2D eigenvalue weighted by atomic mass is 15.1. The van der Waals surface area contributed by atoms with Gasteiger partial charge in [0, 0.05) is 22.4 Å². The molecule has 0 aromatic heterocycles. The first-order valence-corrected chi connectivity index (χ1v) is 26.1. The third-order valence-corrected chi connectivity index (χ3v) is 15.7. The van der Waals surface area contributed by atoms with Crippen molar-refractivity contribution in [2.75, 3.05) is 4.90 Å². The van der Waals surface area contributed by atoms with Crippen LogP contribution in [0.1, 0.15) is 148 Å². The molecule has 0 spiro atoms. The van der Waals surface area contributed by atoms with E-state index < -0.39 is 0 Å². The lowest BCUT2D eigenvalue weighted by Gasteiger charge is -2.30. The number of para-hydroxylation sites is 1. The van der Waals surface area contributed by atoms with Crippen molar-refractivity contribution >= 4 is 17.1 Å². The van der Waals surface area contributed by atoms with Gasteiger partial charge >= 0.3 is 0 Å². The Kier molecular flexibility index (Phi) is 12.2. The molecule has 70 heavy (non-hydrogen) atoms. The minimum atomic E-state index is -0.121. The van der Waals surface area contributed by atoms with Gasteiger partial charge in [-0.05, 0) is 155 Å². The van der Waals surface area contributed by atoms with Gasteiger partial charge in [0.15, 0.2) is 0 Å². The molecule has 8 aromatic carbocycles. The highest BCUT2D eigenvalue weighted by Crippen LogP contribution is 2.52. The number of benzene rings is 8. The third kappa shape index (κ3) is 9.21. The van der Waals surface area contributed by atoms with E-state index in [0.29, 0.717) is 5.92 Å². The standard InChI is InChI=1S/C69H73N/c1-66(2,3)55-39-52(38-53(40-55)54-41-56(67(4,5)6)44-57(42-54)68(7,8)9)48-33-31-47(32-34-48)50-24-20-26-58(43-50)70(59-35-36-62-61-28-15-17-29-63(61)69(10,11)64(62)45-59)65-30-18-16-27-60(65)51-25-19-23-49(37-51)46-21-13-12-14-22-46/h15-20,23-46H,12-14,21-22H2,1-11H3. The van der Waals surface area contributed by atoms with Crippen molar-refractivity contribution in [3.8, 4) is 55.6 Å². The summed E-state index contributed by atoms with van der Waals surface area (Å²) in [6, 6.07) is 67.7. The minimum absolute atomic E-state index is 0.0130. The Bertz CT molecular complexity index is 3170. The highest BCUT2D eigenvalue weighted by molar-refractivity contribution is 5.91. The van der Waals surface area contributed by atoms with Crippen molar-refractivity contribution in [3.05, 3.63) is 209 Å². The van der Waals surface area contributed by atoms with Gasteiger partial charge in [-0.2, -0.15) is 0 Å².